The Morgan fingerprint density at radius 2 is 1.90 bits per heavy atom. The normalized spacial score (nSPS) is 13.4. The maximum absolute atomic E-state index is 12.9. The molecule has 0 bridgehead atoms. The summed E-state index contributed by atoms with van der Waals surface area (Å²) in [6.45, 7) is 11.6. The van der Waals surface area contributed by atoms with Gasteiger partial charge in [0.25, 0.3) is 5.56 Å². The third-order valence-corrected chi connectivity index (χ3v) is 5.51. The molecule has 2 aromatic rings. The Hall–Kier alpha value is -2.37. The van der Waals surface area contributed by atoms with Crippen LogP contribution in [0.4, 0.5) is 0 Å². The minimum absolute atomic E-state index is 0.300. The van der Waals surface area contributed by atoms with Crippen molar-refractivity contribution in [1.29, 1.82) is 0 Å². The van der Waals surface area contributed by atoms with Crippen molar-refractivity contribution in [3.05, 3.63) is 27.2 Å². The summed E-state index contributed by atoms with van der Waals surface area (Å²) < 4.78 is 4.52. The number of hydrogen-bond donors (Lipinski definition) is 1. The topological polar surface area (TPSA) is 85.3 Å². The van der Waals surface area contributed by atoms with Crippen LogP contribution >= 0.6 is 0 Å². The largest absolute Gasteiger partial charge is 0.378 e. The summed E-state index contributed by atoms with van der Waals surface area (Å²) in [4.78, 5) is 32.1. The smallest absolute Gasteiger partial charge is 0.332 e. The van der Waals surface area contributed by atoms with Crippen molar-refractivity contribution in [3.63, 3.8) is 0 Å². The van der Waals surface area contributed by atoms with E-state index in [2.05, 4.69) is 35.6 Å². The molecular formula is C23H37N5O3. The van der Waals surface area contributed by atoms with E-state index < -0.39 is 5.60 Å². The number of fused-ring (bicyclic) bond motifs is 1. The van der Waals surface area contributed by atoms with Gasteiger partial charge in [0.2, 0.25) is 0 Å². The fraction of sp³-hybridized carbons (Fsp3) is 0.696. The fourth-order valence-corrected chi connectivity index (χ4v) is 3.74. The zero-order valence-corrected chi connectivity index (χ0v) is 19.6. The second-order valence-corrected chi connectivity index (χ2v) is 8.31. The standard InChI is InChI=1S/C23H37N5O3/c1-6-14-26(8-3)16-11-13-23(4,31)12-9-10-17-28-21(29)19-20(25(5)22(28)30)24-18-27(19)15-7-2/h18,31H,6-10,12,14-17H2,1-5H3. The molecule has 2 heterocycles. The number of aromatic nitrogens is 4. The molecule has 0 amide bonds. The van der Waals surface area contributed by atoms with E-state index in [1.165, 1.54) is 9.13 Å². The molecule has 1 N–H and O–H groups in total. The summed E-state index contributed by atoms with van der Waals surface area (Å²) >= 11 is 0. The van der Waals surface area contributed by atoms with E-state index in [4.69, 9.17) is 0 Å². The number of hydrogen-bond acceptors (Lipinski definition) is 5. The third-order valence-electron chi connectivity index (χ3n) is 5.51. The lowest BCUT2D eigenvalue weighted by atomic mass is 9.99. The van der Waals surface area contributed by atoms with Crippen LogP contribution in [0.5, 0.6) is 0 Å². The molecule has 1 atom stereocenters. The number of unbranched alkanes of at least 4 members (excludes halogenated alkanes) is 1. The van der Waals surface area contributed by atoms with Crippen molar-refractivity contribution in [2.45, 2.75) is 78.5 Å². The molecule has 172 valence electrons. The first-order valence-electron chi connectivity index (χ1n) is 11.3. The predicted molar refractivity (Wildman–Crippen MR) is 124 cm³/mol. The average Bonchev–Trinajstić information content (AvgIpc) is 3.15. The lowest BCUT2D eigenvalue weighted by Crippen LogP contribution is -2.39. The van der Waals surface area contributed by atoms with Crippen LogP contribution in [-0.2, 0) is 20.1 Å². The van der Waals surface area contributed by atoms with E-state index in [1.54, 1.807) is 20.3 Å². The zero-order valence-electron chi connectivity index (χ0n) is 19.6. The highest BCUT2D eigenvalue weighted by Crippen LogP contribution is 2.13. The molecule has 2 rings (SSSR count). The fourth-order valence-electron chi connectivity index (χ4n) is 3.74. The molecule has 0 saturated heterocycles. The van der Waals surface area contributed by atoms with Gasteiger partial charge >= 0.3 is 5.69 Å². The molecule has 2 aromatic heterocycles. The minimum atomic E-state index is -1.08. The predicted octanol–water partition coefficient (Wildman–Crippen LogP) is 1.96. The highest BCUT2D eigenvalue weighted by atomic mass is 16.3. The van der Waals surface area contributed by atoms with E-state index >= 15 is 0 Å². The van der Waals surface area contributed by atoms with Crippen molar-refractivity contribution >= 4 is 11.2 Å². The SMILES string of the molecule is CCCN(CC)CC#CC(C)(O)CCCCn1c(=O)c2c(ncn2CCC)n(C)c1=O. The van der Waals surface area contributed by atoms with Crippen LogP contribution in [-0.4, -0.2) is 53.9 Å². The van der Waals surface area contributed by atoms with E-state index in [-0.39, 0.29) is 11.2 Å². The van der Waals surface area contributed by atoms with Gasteiger partial charge in [0.1, 0.15) is 5.60 Å². The molecule has 0 fully saturated rings. The van der Waals surface area contributed by atoms with Crippen LogP contribution in [0.1, 0.15) is 59.8 Å². The first-order valence-corrected chi connectivity index (χ1v) is 11.3. The maximum atomic E-state index is 12.9. The number of rotatable bonds is 11. The van der Waals surface area contributed by atoms with Crippen molar-refractivity contribution in [2.75, 3.05) is 19.6 Å². The summed E-state index contributed by atoms with van der Waals surface area (Å²) in [7, 11) is 1.64. The molecule has 0 aliphatic rings. The average molecular weight is 432 g/mol. The summed E-state index contributed by atoms with van der Waals surface area (Å²) in [6, 6.07) is 0. The third kappa shape index (κ3) is 6.31. The monoisotopic (exact) mass is 431 g/mol. The Morgan fingerprint density at radius 1 is 1.16 bits per heavy atom. The quantitative estimate of drug-likeness (QED) is 0.434. The van der Waals surface area contributed by atoms with Crippen molar-refractivity contribution in [1.82, 2.24) is 23.6 Å². The molecule has 0 saturated carbocycles. The molecule has 0 aliphatic carbocycles. The van der Waals surface area contributed by atoms with Gasteiger partial charge in [-0.3, -0.25) is 18.8 Å². The van der Waals surface area contributed by atoms with Crippen molar-refractivity contribution in [2.24, 2.45) is 7.05 Å². The minimum Gasteiger partial charge on any atom is -0.378 e. The Bertz CT molecular complexity index is 1040. The summed E-state index contributed by atoms with van der Waals surface area (Å²) in [5, 5.41) is 10.6. The van der Waals surface area contributed by atoms with E-state index in [9.17, 15) is 14.7 Å². The highest BCUT2D eigenvalue weighted by Gasteiger charge is 2.18. The maximum Gasteiger partial charge on any atom is 0.332 e. The molecule has 0 aliphatic heterocycles. The Kier molecular flexibility index (Phi) is 9.08. The molecular weight excluding hydrogens is 394 g/mol. The summed E-state index contributed by atoms with van der Waals surface area (Å²) in [5.74, 6) is 6.06. The molecule has 31 heavy (non-hydrogen) atoms. The molecule has 8 heteroatoms. The van der Waals surface area contributed by atoms with Gasteiger partial charge in [-0.05, 0) is 52.1 Å². The molecule has 0 radical (unpaired) electrons. The van der Waals surface area contributed by atoms with E-state index in [1.807, 2.05) is 11.5 Å². The summed E-state index contributed by atoms with van der Waals surface area (Å²) in [5.41, 5.74) is -0.852. The molecule has 8 nitrogen and oxygen atoms in total. The number of nitrogens with zero attached hydrogens (tertiary/aromatic N) is 5. The van der Waals surface area contributed by atoms with E-state index in [0.717, 1.165) is 25.9 Å². The molecule has 0 aromatic carbocycles. The van der Waals surface area contributed by atoms with Crippen LogP contribution in [0.25, 0.3) is 11.2 Å². The number of imidazole rings is 1. The van der Waals surface area contributed by atoms with Gasteiger partial charge in [-0.25, -0.2) is 9.78 Å². The molecule has 1 unspecified atom stereocenters. The van der Waals surface area contributed by atoms with Gasteiger partial charge in [0.15, 0.2) is 11.2 Å². The first-order chi connectivity index (χ1) is 14.8. The van der Waals surface area contributed by atoms with Gasteiger partial charge in [0, 0.05) is 20.1 Å². The van der Waals surface area contributed by atoms with Crippen LogP contribution in [0.2, 0.25) is 0 Å². The highest BCUT2D eigenvalue weighted by molar-refractivity contribution is 5.69. The molecule has 0 spiro atoms. The van der Waals surface area contributed by atoms with Crippen molar-refractivity contribution in [3.8, 4) is 11.8 Å². The summed E-state index contributed by atoms with van der Waals surface area (Å²) in [6.07, 6.45) is 5.34. The van der Waals surface area contributed by atoms with Gasteiger partial charge in [-0.2, -0.15) is 0 Å². The number of aryl methyl sites for hydroxylation is 2. The zero-order chi connectivity index (χ0) is 23.0. The van der Waals surface area contributed by atoms with Gasteiger partial charge in [-0.1, -0.05) is 32.6 Å². The van der Waals surface area contributed by atoms with Gasteiger partial charge in [-0.15, -0.1) is 0 Å². The second-order valence-electron chi connectivity index (χ2n) is 8.31. The van der Waals surface area contributed by atoms with Gasteiger partial charge in [0.05, 0.1) is 12.9 Å². The first kappa shape index (κ1) is 24.9. The van der Waals surface area contributed by atoms with Crippen LogP contribution in [0.15, 0.2) is 15.9 Å². The Labute approximate surface area is 184 Å². The second kappa shape index (κ2) is 11.3. The lowest BCUT2D eigenvalue weighted by Gasteiger charge is -2.18. The number of aliphatic hydroxyl groups is 1. The van der Waals surface area contributed by atoms with Crippen LogP contribution in [0, 0.1) is 11.8 Å². The van der Waals surface area contributed by atoms with Gasteiger partial charge < -0.3 is 9.67 Å². The van der Waals surface area contributed by atoms with Crippen molar-refractivity contribution < 1.29 is 5.11 Å². The van der Waals surface area contributed by atoms with Crippen LogP contribution < -0.4 is 11.2 Å². The van der Waals surface area contributed by atoms with E-state index in [0.29, 0.717) is 50.1 Å². The Morgan fingerprint density at radius 3 is 2.55 bits per heavy atom. The van der Waals surface area contributed by atoms with Crippen LogP contribution in [0.3, 0.4) is 0 Å². The lowest BCUT2D eigenvalue weighted by molar-refractivity contribution is 0.108. The Balaban J connectivity index is 2.03.